The molecule has 0 aliphatic carbocycles. The van der Waals surface area contributed by atoms with Gasteiger partial charge in [0.25, 0.3) is 5.91 Å². The van der Waals surface area contributed by atoms with Crippen LogP contribution in [0.25, 0.3) is 22.3 Å². The number of carbonyl (C=O) groups is 1. The van der Waals surface area contributed by atoms with Crippen LogP contribution >= 0.6 is 0 Å². The van der Waals surface area contributed by atoms with Gasteiger partial charge in [-0.05, 0) is 43.9 Å². The zero-order chi connectivity index (χ0) is 23.7. The molecular formula is C24H21F3N6O. The van der Waals surface area contributed by atoms with Crippen molar-refractivity contribution in [1.82, 2.24) is 29.2 Å². The van der Waals surface area contributed by atoms with E-state index in [1.54, 1.807) is 11.7 Å². The van der Waals surface area contributed by atoms with Crippen molar-refractivity contribution in [3.05, 3.63) is 65.1 Å². The third-order valence-electron chi connectivity index (χ3n) is 7.03. The van der Waals surface area contributed by atoms with Gasteiger partial charge in [-0.3, -0.25) is 9.48 Å². The molecule has 1 fully saturated rings. The van der Waals surface area contributed by atoms with Crippen LogP contribution in [0.5, 0.6) is 0 Å². The molecule has 0 spiro atoms. The monoisotopic (exact) mass is 466 g/mol. The van der Waals surface area contributed by atoms with Gasteiger partial charge < -0.3 is 9.47 Å². The molecule has 1 saturated heterocycles. The number of hydrogen-bond acceptors (Lipinski definition) is 4. The Bertz CT molecular complexity index is 1450. The van der Waals surface area contributed by atoms with E-state index in [4.69, 9.17) is 0 Å². The Morgan fingerprint density at radius 3 is 2.62 bits per heavy atom. The fourth-order valence-electron chi connectivity index (χ4n) is 5.57. The lowest BCUT2D eigenvalue weighted by Crippen LogP contribution is -2.50. The summed E-state index contributed by atoms with van der Waals surface area (Å²) in [4.78, 5) is 24.3. The van der Waals surface area contributed by atoms with Crippen molar-refractivity contribution < 1.29 is 18.0 Å². The van der Waals surface area contributed by atoms with Crippen LogP contribution in [0.1, 0.15) is 47.1 Å². The maximum absolute atomic E-state index is 14.0. The van der Waals surface area contributed by atoms with Gasteiger partial charge in [-0.1, -0.05) is 0 Å². The standard InChI is InChI=1S/C24H21F3N6O/c1-31-7-6-14-21(28-11-29-23(14)31)24(34)33-13-4-3-5-18(33)20-15(10-13)22(32(2)30-20)12-8-16(25)19(27)17(26)9-12/h6-9,11,13,18H,3-5,10H2,1-2H3/t13-,18+/m0/s1. The van der Waals surface area contributed by atoms with Crippen LogP contribution in [0, 0.1) is 17.5 Å². The number of carbonyl (C=O) groups excluding carboxylic acids is 1. The second-order valence-electron chi connectivity index (χ2n) is 8.99. The summed E-state index contributed by atoms with van der Waals surface area (Å²) in [5, 5.41) is 5.36. The minimum atomic E-state index is -1.49. The molecule has 6 rings (SSSR count). The van der Waals surface area contributed by atoms with Gasteiger partial charge >= 0.3 is 0 Å². The first-order chi connectivity index (χ1) is 16.3. The molecule has 1 amide bonds. The van der Waals surface area contributed by atoms with Gasteiger partial charge in [-0.15, -0.1) is 0 Å². The predicted octanol–water partition coefficient (Wildman–Crippen LogP) is 4.08. The van der Waals surface area contributed by atoms with Gasteiger partial charge in [0.15, 0.2) is 17.5 Å². The zero-order valence-corrected chi connectivity index (χ0v) is 18.6. The molecule has 2 atom stereocenters. The molecule has 2 aliphatic heterocycles. The van der Waals surface area contributed by atoms with E-state index in [1.165, 1.54) is 6.33 Å². The van der Waals surface area contributed by atoms with E-state index in [0.717, 1.165) is 37.0 Å². The number of aromatic nitrogens is 5. The van der Waals surface area contributed by atoms with Gasteiger partial charge in [0.2, 0.25) is 0 Å². The fraction of sp³-hybridized carbons (Fsp3) is 0.333. The van der Waals surface area contributed by atoms with Crippen LogP contribution in [0.3, 0.4) is 0 Å². The molecule has 174 valence electrons. The molecule has 0 radical (unpaired) electrons. The van der Waals surface area contributed by atoms with Crippen LogP contribution in [0.15, 0.2) is 30.7 Å². The normalized spacial score (nSPS) is 19.5. The zero-order valence-electron chi connectivity index (χ0n) is 18.6. The molecule has 2 aliphatic rings. The van der Waals surface area contributed by atoms with Gasteiger partial charge in [-0.25, -0.2) is 23.1 Å². The van der Waals surface area contributed by atoms with E-state index in [9.17, 15) is 18.0 Å². The number of halogens is 3. The van der Waals surface area contributed by atoms with E-state index >= 15 is 0 Å². The summed E-state index contributed by atoms with van der Waals surface area (Å²) in [6, 6.07) is 3.44. The number of nitrogens with zero attached hydrogens (tertiary/aromatic N) is 6. The van der Waals surface area contributed by atoms with Crippen LogP contribution in [-0.4, -0.2) is 41.2 Å². The highest BCUT2D eigenvalue weighted by Gasteiger charge is 2.44. The molecule has 0 N–H and O–H groups in total. The minimum absolute atomic E-state index is 0.106. The number of fused-ring (bicyclic) bond motifs is 5. The second kappa shape index (κ2) is 7.41. The van der Waals surface area contributed by atoms with Crippen molar-refractivity contribution in [3.8, 4) is 11.3 Å². The van der Waals surface area contributed by atoms with E-state index < -0.39 is 17.5 Å². The fourth-order valence-corrected chi connectivity index (χ4v) is 5.57. The first-order valence-corrected chi connectivity index (χ1v) is 11.1. The van der Waals surface area contributed by atoms with Crippen molar-refractivity contribution >= 4 is 16.9 Å². The predicted molar refractivity (Wildman–Crippen MR) is 117 cm³/mol. The Labute approximate surface area is 192 Å². The van der Waals surface area contributed by atoms with Crippen LogP contribution < -0.4 is 0 Å². The summed E-state index contributed by atoms with van der Waals surface area (Å²) >= 11 is 0. The molecular weight excluding hydrogens is 445 g/mol. The third kappa shape index (κ3) is 2.90. The highest BCUT2D eigenvalue weighted by Crippen LogP contribution is 2.45. The number of rotatable bonds is 2. The quantitative estimate of drug-likeness (QED) is 0.418. The first kappa shape index (κ1) is 20.9. The Balaban J connectivity index is 1.46. The van der Waals surface area contributed by atoms with Gasteiger partial charge in [0, 0.05) is 37.5 Å². The number of benzene rings is 1. The smallest absolute Gasteiger partial charge is 0.274 e. The Morgan fingerprint density at radius 1 is 1.09 bits per heavy atom. The van der Waals surface area contributed by atoms with Crippen molar-refractivity contribution in [2.45, 2.75) is 37.8 Å². The number of amides is 1. The van der Waals surface area contributed by atoms with Crippen LogP contribution in [-0.2, 0) is 20.5 Å². The molecule has 34 heavy (non-hydrogen) atoms. The topological polar surface area (TPSA) is 68.8 Å². The largest absolute Gasteiger partial charge is 0.335 e. The maximum atomic E-state index is 14.0. The second-order valence-corrected chi connectivity index (χ2v) is 8.99. The van der Waals surface area contributed by atoms with Crippen LogP contribution in [0.4, 0.5) is 13.2 Å². The van der Waals surface area contributed by atoms with Crippen molar-refractivity contribution in [3.63, 3.8) is 0 Å². The lowest BCUT2D eigenvalue weighted by molar-refractivity contribution is 0.0388. The number of piperidine rings is 1. The van der Waals surface area contributed by atoms with Gasteiger partial charge in [-0.2, -0.15) is 5.10 Å². The SMILES string of the molecule is Cn1nc2c(c1-c1cc(F)c(F)c(F)c1)C[C@@H]1CCC[C@H]2N1C(=O)c1ncnc2c1ccn2C. The third-order valence-corrected chi connectivity index (χ3v) is 7.03. The maximum Gasteiger partial charge on any atom is 0.274 e. The van der Waals surface area contributed by atoms with E-state index in [2.05, 4.69) is 15.1 Å². The molecule has 5 heterocycles. The molecule has 10 heteroatoms. The van der Waals surface area contributed by atoms with Gasteiger partial charge in [0.1, 0.15) is 17.7 Å². The van der Waals surface area contributed by atoms with Crippen molar-refractivity contribution in [1.29, 1.82) is 0 Å². The summed E-state index contributed by atoms with van der Waals surface area (Å²) in [6.07, 6.45) is 6.19. The van der Waals surface area contributed by atoms with Gasteiger partial charge in [0.05, 0.1) is 22.8 Å². The minimum Gasteiger partial charge on any atom is -0.335 e. The summed E-state index contributed by atoms with van der Waals surface area (Å²) < 4.78 is 45.0. The van der Waals surface area contributed by atoms with Crippen LogP contribution in [0.2, 0.25) is 0 Å². The Morgan fingerprint density at radius 2 is 1.85 bits per heavy atom. The summed E-state index contributed by atoms with van der Waals surface area (Å²) in [5.41, 5.74) is 3.37. The lowest BCUT2D eigenvalue weighted by Gasteiger charge is -2.45. The molecule has 4 aromatic rings. The average Bonchev–Trinajstić information content (AvgIpc) is 3.35. The van der Waals surface area contributed by atoms with E-state index in [-0.39, 0.29) is 23.6 Å². The highest BCUT2D eigenvalue weighted by molar-refractivity contribution is 6.04. The summed E-state index contributed by atoms with van der Waals surface area (Å²) in [5.74, 6) is -4.16. The van der Waals surface area contributed by atoms with E-state index in [1.807, 2.05) is 28.8 Å². The average molecular weight is 466 g/mol. The number of hydrogen-bond donors (Lipinski definition) is 0. The first-order valence-electron chi connectivity index (χ1n) is 11.1. The molecule has 7 nitrogen and oxygen atoms in total. The highest BCUT2D eigenvalue weighted by atomic mass is 19.2. The lowest BCUT2D eigenvalue weighted by atomic mass is 9.81. The summed E-state index contributed by atoms with van der Waals surface area (Å²) in [6.45, 7) is 0. The van der Waals surface area contributed by atoms with Crippen molar-refractivity contribution in [2.75, 3.05) is 0 Å². The Hall–Kier alpha value is -3.69. The molecule has 0 saturated carbocycles. The molecule has 1 aromatic carbocycles. The molecule has 0 unspecified atom stereocenters. The van der Waals surface area contributed by atoms with E-state index in [0.29, 0.717) is 34.5 Å². The number of aryl methyl sites for hydroxylation is 2. The molecule has 2 bridgehead atoms. The van der Waals surface area contributed by atoms with Crippen molar-refractivity contribution in [2.24, 2.45) is 14.1 Å². The molecule has 3 aromatic heterocycles. The summed E-state index contributed by atoms with van der Waals surface area (Å²) in [7, 11) is 3.56. The Kier molecular flexibility index (Phi) is 4.55.